The molecule has 1 saturated carbocycles. The number of ether oxygens (including phenoxy) is 1. The standard InChI is InChI=1S/C8H15NO2/c1-11-5-8(10)6-3-2-4-7(6)9/h6-7H,2-5,9H2,1H3. The maximum Gasteiger partial charge on any atom is 0.163 e. The molecule has 64 valence electrons. The molecule has 0 amide bonds. The summed E-state index contributed by atoms with van der Waals surface area (Å²) in [7, 11) is 1.54. The van der Waals surface area contributed by atoms with Crippen molar-refractivity contribution < 1.29 is 9.53 Å². The van der Waals surface area contributed by atoms with Crippen molar-refractivity contribution in [3.63, 3.8) is 0 Å². The summed E-state index contributed by atoms with van der Waals surface area (Å²) in [6.07, 6.45) is 3.02. The first-order chi connectivity index (χ1) is 5.25. The van der Waals surface area contributed by atoms with Crippen LogP contribution < -0.4 is 5.73 Å². The number of carbonyl (C=O) groups is 1. The lowest BCUT2D eigenvalue weighted by atomic mass is 10.00. The van der Waals surface area contributed by atoms with Crippen LogP contribution >= 0.6 is 0 Å². The molecule has 1 fully saturated rings. The molecular weight excluding hydrogens is 142 g/mol. The van der Waals surface area contributed by atoms with Crippen molar-refractivity contribution in [3.8, 4) is 0 Å². The summed E-state index contributed by atoms with van der Waals surface area (Å²) in [5, 5.41) is 0. The predicted octanol–water partition coefficient (Wildman–Crippen LogP) is 0.329. The Balaban J connectivity index is 2.39. The summed E-state index contributed by atoms with van der Waals surface area (Å²) >= 11 is 0. The van der Waals surface area contributed by atoms with E-state index in [0.29, 0.717) is 0 Å². The highest BCUT2D eigenvalue weighted by Crippen LogP contribution is 2.24. The summed E-state index contributed by atoms with van der Waals surface area (Å²) in [5.41, 5.74) is 5.73. The largest absolute Gasteiger partial charge is 0.377 e. The van der Waals surface area contributed by atoms with Crippen LogP contribution in [0.3, 0.4) is 0 Å². The molecule has 2 N–H and O–H groups in total. The molecule has 0 bridgehead atoms. The van der Waals surface area contributed by atoms with E-state index in [4.69, 9.17) is 10.5 Å². The zero-order valence-corrected chi connectivity index (χ0v) is 6.88. The Bertz CT molecular complexity index is 147. The van der Waals surface area contributed by atoms with Crippen LogP contribution in [-0.2, 0) is 9.53 Å². The van der Waals surface area contributed by atoms with Crippen LogP contribution in [0.15, 0.2) is 0 Å². The minimum absolute atomic E-state index is 0.0648. The van der Waals surface area contributed by atoms with Gasteiger partial charge in [0, 0.05) is 19.1 Å². The van der Waals surface area contributed by atoms with Crippen molar-refractivity contribution in [2.45, 2.75) is 25.3 Å². The quantitative estimate of drug-likeness (QED) is 0.642. The van der Waals surface area contributed by atoms with Gasteiger partial charge in [-0.1, -0.05) is 6.42 Å². The van der Waals surface area contributed by atoms with Crippen LogP contribution in [0.5, 0.6) is 0 Å². The van der Waals surface area contributed by atoms with E-state index in [1.807, 2.05) is 0 Å². The fraction of sp³-hybridized carbons (Fsp3) is 0.875. The molecule has 0 heterocycles. The number of rotatable bonds is 3. The summed E-state index contributed by atoms with van der Waals surface area (Å²) in [4.78, 5) is 11.3. The van der Waals surface area contributed by atoms with Crippen molar-refractivity contribution >= 4 is 5.78 Å². The van der Waals surface area contributed by atoms with Crippen LogP contribution in [0.1, 0.15) is 19.3 Å². The number of hydrogen-bond donors (Lipinski definition) is 1. The third-order valence-electron chi connectivity index (χ3n) is 2.27. The molecule has 0 radical (unpaired) electrons. The molecule has 1 aliphatic rings. The number of hydrogen-bond acceptors (Lipinski definition) is 3. The number of Topliss-reactive ketones (excluding diaryl/α,β-unsaturated/α-hetero) is 1. The minimum Gasteiger partial charge on any atom is -0.377 e. The highest BCUT2D eigenvalue weighted by Gasteiger charge is 2.29. The Kier molecular flexibility index (Phi) is 3.02. The third-order valence-corrected chi connectivity index (χ3v) is 2.27. The minimum atomic E-state index is 0.0648. The first-order valence-electron chi connectivity index (χ1n) is 4.03. The van der Waals surface area contributed by atoms with Crippen LogP contribution in [-0.4, -0.2) is 25.5 Å². The maximum atomic E-state index is 11.3. The molecule has 0 aromatic heterocycles. The molecule has 0 aromatic rings. The molecule has 11 heavy (non-hydrogen) atoms. The second-order valence-corrected chi connectivity index (χ2v) is 3.10. The zero-order valence-electron chi connectivity index (χ0n) is 6.88. The van der Waals surface area contributed by atoms with Gasteiger partial charge in [0.15, 0.2) is 5.78 Å². The fourth-order valence-corrected chi connectivity index (χ4v) is 1.64. The smallest absolute Gasteiger partial charge is 0.163 e. The van der Waals surface area contributed by atoms with Gasteiger partial charge in [0.2, 0.25) is 0 Å². The van der Waals surface area contributed by atoms with Gasteiger partial charge in [-0.2, -0.15) is 0 Å². The van der Waals surface area contributed by atoms with Gasteiger partial charge in [-0.05, 0) is 12.8 Å². The van der Waals surface area contributed by atoms with E-state index >= 15 is 0 Å². The molecule has 2 unspecified atom stereocenters. The Morgan fingerprint density at radius 3 is 2.82 bits per heavy atom. The topological polar surface area (TPSA) is 52.3 Å². The van der Waals surface area contributed by atoms with Crippen molar-refractivity contribution in [1.29, 1.82) is 0 Å². The predicted molar refractivity (Wildman–Crippen MR) is 42.2 cm³/mol. The second-order valence-electron chi connectivity index (χ2n) is 3.10. The summed E-state index contributed by atoms with van der Waals surface area (Å²) < 4.78 is 4.76. The Morgan fingerprint density at radius 1 is 1.64 bits per heavy atom. The van der Waals surface area contributed by atoms with Crippen molar-refractivity contribution in [1.82, 2.24) is 0 Å². The second kappa shape index (κ2) is 3.83. The van der Waals surface area contributed by atoms with Gasteiger partial charge in [0.05, 0.1) is 0 Å². The normalized spacial score (nSPS) is 30.7. The average Bonchev–Trinajstić information content (AvgIpc) is 2.36. The van der Waals surface area contributed by atoms with Crippen LogP contribution in [0.2, 0.25) is 0 Å². The number of methoxy groups -OCH3 is 1. The van der Waals surface area contributed by atoms with Gasteiger partial charge >= 0.3 is 0 Å². The highest BCUT2D eigenvalue weighted by atomic mass is 16.5. The van der Waals surface area contributed by atoms with E-state index < -0.39 is 0 Å². The number of ketones is 1. The third kappa shape index (κ3) is 2.01. The summed E-state index contributed by atoms with van der Waals surface area (Å²) in [6.45, 7) is 0.221. The first kappa shape index (κ1) is 8.68. The van der Waals surface area contributed by atoms with E-state index in [-0.39, 0.29) is 24.3 Å². The van der Waals surface area contributed by atoms with E-state index in [2.05, 4.69) is 0 Å². The summed E-state index contributed by atoms with van der Waals surface area (Å²) in [6, 6.07) is 0.0812. The molecule has 0 aromatic carbocycles. The monoisotopic (exact) mass is 157 g/mol. The van der Waals surface area contributed by atoms with E-state index in [1.165, 1.54) is 0 Å². The van der Waals surface area contributed by atoms with Gasteiger partial charge in [-0.25, -0.2) is 0 Å². The molecule has 0 spiro atoms. The number of nitrogens with two attached hydrogens (primary N) is 1. The molecule has 0 saturated heterocycles. The van der Waals surface area contributed by atoms with E-state index in [9.17, 15) is 4.79 Å². The average molecular weight is 157 g/mol. The van der Waals surface area contributed by atoms with Gasteiger partial charge in [0.1, 0.15) is 6.61 Å². The van der Waals surface area contributed by atoms with Gasteiger partial charge in [-0.15, -0.1) is 0 Å². The van der Waals surface area contributed by atoms with Crippen molar-refractivity contribution in [3.05, 3.63) is 0 Å². The zero-order chi connectivity index (χ0) is 8.27. The molecule has 3 heteroatoms. The van der Waals surface area contributed by atoms with Crippen molar-refractivity contribution in [2.24, 2.45) is 11.7 Å². The molecular formula is C8H15NO2. The van der Waals surface area contributed by atoms with Crippen LogP contribution in [0, 0.1) is 5.92 Å². The van der Waals surface area contributed by atoms with Crippen LogP contribution in [0.4, 0.5) is 0 Å². The van der Waals surface area contributed by atoms with Crippen LogP contribution in [0.25, 0.3) is 0 Å². The Labute approximate surface area is 66.9 Å². The molecule has 2 atom stereocenters. The first-order valence-corrected chi connectivity index (χ1v) is 4.03. The maximum absolute atomic E-state index is 11.3. The lowest BCUT2D eigenvalue weighted by Crippen LogP contribution is -2.32. The molecule has 1 aliphatic carbocycles. The van der Waals surface area contributed by atoms with E-state index in [1.54, 1.807) is 7.11 Å². The van der Waals surface area contributed by atoms with E-state index in [0.717, 1.165) is 19.3 Å². The van der Waals surface area contributed by atoms with Gasteiger partial charge in [-0.3, -0.25) is 4.79 Å². The summed E-state index contributed by atoms with van der Waals surface area (Å²) in [5.74, 6) is 0.229. The highest BCUT2D eigenvalue weighted by molar-refractivity contribution is 5.83. The molecule has 0 aliphatic heterocycles. The fourth-order valence-electron chi connectivity index (χ4n) is 1.64. The Hall–Kier alpha value is -0.410. The van der Waals surface area contributed by atoms with Gasteiger partial charge < -0.3 is 10.5 Å². The SMILES string of the molecule is COCC(=O)C1CCCC1N. The lowest BCUT2D eigenvalue weighted by Gasteiger charge is -2.12. The molecule has 3 nitrogen and oxygen atoms in total. The molecule has 1 rings (SSSR count). The number of carbonyl (C=O) groups excluding carboxylic acids is 1. The van der Waals surface area contributed by atoms with Gasteiger partial charge in [0.25, 0.3) is 0 Å². The Morgan fingerprint density at radius 2 is 2.36 bits per heavy atom. The van der Waals surface area contributed by atoms with Crippen molar-refractivity contribution in [2.75, 3.05) is 13.7 Å². The lowest BCUT2D eigenvalue weighted by molar-refractivity contribution is -0.126.